The van der Waals surface area contributed by atoms with E-state index in [2.05, 4.69) is 311 Å². The minimum Gasteiger partial charge on any atom is -0.461 e. The van der Waals surface area contributed by atoms with Crippen molar-refractivity contribution in [2.75, 3.05) is 0 Å². The molecule has 0 saturated carbocycles. The van der Waals surface area contributed by atoms with Crippen LogP contribution in [0.25, 0.3) is 146 Å². The molecule has 8 heterocycles. The van der Waals surface area contributed by atoms with Gasteiger partial charge in [-0.25, -0.2) is 0 Å². The molecule has 0 bridgehead atoms. The lowest BCUT2D eigenvalue weighted by Gasteiger charge is -1.95. The molecule has 0 fully saturated rings. The Hall–Kier alpha value is -10.9. The molecule has 0 aliphatic carbocycles. The molecule has 0 aliphatic rings. The summed E-state index contributed by atoms with van der Waals surface area (Å²) in [5.74, 6) is 1.02. The standard InChI is InChI=1S/2C13H10O.4C13H10S.C10H10O.C10H10S/c1-9-5-4-7-11-10-6-2-3-8-12(10)14-13(9)11;1-9-6-7-11-10-4-2-3-5-12(10)14-13(11)8-9;1-9-5-4-7-11-10-6-2-3-8-12(10)14-13(9)11;1-9-5-4-8-12-13(9)10-6-2-3-7-11(10)14-12;1-9-6-7-13-11(8-9)10-4-2-3-5-12(10)14-13;1-9-6-7-11-10-4-2-3-5-12(10)14-13(11)8-9;2*1-7-8(2)11-10-6-4-3-5-9(7)10/h6*2-8H,1H3;2*3-6H,1-2H3. The average molecular weight is 1470 g/mol. The Bertz CT molecular complexity index is 6540. The van der Waals surface area contributed by atoms with Crippen LogP contribution in [0.2, 0.25) is 0 Å². The topological polar surface area (TPSA) is 39.4 Å². The van der Waals surface area contributed by atoms with Crippen LogP contribution in [0.3, 0.4) is 0 Å². The van der Waals surface area contributed by atoms with E-state index >= 15 is 0 Å². The largest absolute Gasteiger partial charge is 0.461 e. The highest BCUT2D eigenvalue weighted by Gasteiger charge is 2.12. The van der Waals surface area contributed by atoms with Crippen LogP contribution >= 0.6 is 56.7 Å². The van der Waals surface area contributed by atoms with Gasteiger partial charge in [0.15, 0.2) is 0 Å². The van der Waals surface area contributed by atoms with Crippen LogP contribution in [-0.2, 0) is 0 Å². The summed E-state index contributed by atoms with van der Waals surface area (Å²) in [4.78, 5) is 1.44. The maximum Gasteiger partial charge on any atom is 0.138 e. The highest BCUT2D eigenvalue weighted by Crippen LogP contribution is 2.40. The summed E-state index contributed by atoms with van der Waals surface area (Å²) in [5, 5.41) is 18.6. The van der Waals surface area contributed by atoms with E-state index in [4.69, 9.17) is 13.3 Å². The molecular weight excluding hydrogens is 1390 g/mol. The van der Waals surface area contributed by atoms with Gasteiger partial charge in [-0.1, -0.05) is 230 Å². The van der Waals surface area contributed by atoms with Gasteiger partial charge in [-0.3, -0.25) is 0 Å². The second kappa shape index (κ2) is 31.4. The van der Waals surface area contributed by atoms with E-state index in [-0.39, 0.29) is 0 Å². The monoisotopic (exact) mass is 1460 g/mol. The molecule has 520 valence electrons. The Morgan fingerprint density at radius 1 is 0.208 bits per heavy atom. The molecule has 0 aliphatic heterocycles. The molecule has 0 saturated heterocycles. The van der Waals surface area contributed by atoms with Crippen LogP contribution in [0.4, 0.5) is 0 Å². The Balaban J connectivity index is 0.0000000972. The van der Waals surface area contributed by atoms with Gasteiger partial charge in [0, 0.05) is 117 Å². The fraction of sp³-hybridized carbons (Fsp3) is 0.102. The zero-order valence-electron chi connectivity index (χ0n) is 61.1. The van der Waals surface area contributed by atoms with Crippen LogP contribution in [0.5, 0.6) is 0 Å². The second-order valence-electron chi connectivity index (χ2n) is 27.0. The Morgan fingerprint density at radius 3 is 1.25 bits per heavy atom. The molecule has 0 amide bonds. The van der Waals surface area contributed by atoms with Gasteiger partial charge in [-0.05, 0) is 192 Å². The molecule has 0 N–H and O–H groups in total. The first-order chi connectivity index (χ1) is 51.7. The summed E-state index contributed by atoms with van der Waals surface area (Å²) in [6, 6.07) is 106. The van der Waals surface area contributed by atoms with Crippen LogP contribution in [0, 0.1) is 69.2 Å². The lowest BCUT2D eigenvalue weighted by Crippen LogP contribution is -1.72. The molecule has 0 radical (unpaired) electrons. The van der Waals surface area contributed by atoms with E-state index in [0.717, 1.165) is 33.7 Å². The number of furan rings is 3. The quantitative estimate of drug-likeness (QED) is 0.152. The smallest absolute Gasteiger partial charge is 0.138 e. The van der Waals surface area contributed by atoms with E-state index in [1.54, 1.807) is 0 Å². The zero-order chi connectivity index (χ0) is 73.0. The van der Waals surface area contributed by atoms with Crippen molar-refractivity contribution in [1.82, 2.24) is 0 Å². The van der Waals surface area contributed by atoms with Gasteiger partial charge in [0.1, 0.15) is 33.7 Å². The summed E-state index contributed by atoms with van der Waals surface area (Å²) in [7, 11) is 0. The molecule has 0 atom stereocenters. The summed E-state index contributed by atoms with van der Waals surface area (Å²) in [6.45, 7) is 21.2. The Labute approximate surface area is 638 Å². The van der Waals surface area contributed by atoms with Gasteiger partial charge in [0.2, 0.25) is 0 Å². The average Bonchev–Trinajstić information content (AvgIpc) is 1.48. The molecule has 22 aromatic rings. The number of para-hydroxylation sites is 4. The fourth-order valence-corrected chi connectivity index (χ4v) is 19.5. The van der Waals surface area contributed by atoms with Crippen LogP contribution in [0.15, 0.2) is 317 Å². The first-order valence-electron chi connectivity index (χ1n) is 35.8. The van der Waals surface area contributed by atoms with E-state index in [1.165, 1.54) is 167 Å². The highest BCUT2D eigenvalue weighted by atomic mass is 32.1. The molecular formula is C98H80O3S5. The number of thiophene rings is 5. The van der Waals surface area contributed by atoms with Gasteiger partial charge in [-0.15, -0.1) is 56.7 Å². The van der Waals surface area contributed by atoms with Crippen LogP contribution < -0.4 is 0 Å². The summed E-state index contributed by atoms with van der Waals surface area (Å²) in [5.41, 5.74) is 15.4. The van der Waals surface area contributed by atoms with Crippen molar-refractivity contribution in [3.63, 3.8) is 0 Å². The minimum absolute atomic E-state index is 0.966. The third-order valence-electron chi connectivity index (χ3n) is 19.6. The Morgan fingerprint density at radius 2 is 0.604 bits per heavy atom. The zero-order valence-corrected chi connectivity index (χ0v) is 65.2. The lowest BCUT2D eigenvalue weighted by atomic mass is 10.1. The predicted octanol–water partition coefficient (Wildman–Crippen LogP) is 31.8. The number of hydrogen-bond acceptors (Lipinski definition) is 8. The van der Waals surface area contributed by atoms with Crippen molar-refractivity contribution in [3.05, 3.63) is 358 Å². The van der Waals surface area contributed by atoms with E-state index in [9.17, 15) is 0 Å². The van der Waals surface area contributed by atoms with Crippen molar-refractivity contribution in [2.24, 2.45) is 0 Å². The van der Waals surface area contributed by atoms with Crippen LogP contribution in [0.1, 0.15) is 55.1 Å². The van der Waals surface area contributed by atoms with E-state index in [1.807, 2.05) is 118 Å². The van der Waals surface area contributed by atoms with E-state index in [0.29, 0.717) is 0 Å². The summed E-state index contributed by atoms with van der Waals surface area (Å²) >= 11 is 9.39. The molecule has 0 unspecified atom stereocenters. The van der Waals surface area contributed by atoms with Crippen molar-refractivity contribution >= 4 is 202 Å². The van der Waals surface area contributed by atoms with Gasteiger partial charge >= 0.3 is 0 Å². The van der Waals surface area contributed by atoms with Crippen LogP contribution in [-0.4, -0.2) is 0 Å². The van der Waals surface area contributed by atoms with Crippen molar-refractivity contribution in [1.29, 1.82) is 0 Å². The molecule has 14 aromatic carbocycles. The van der Waals surface area contributed by atoms with Crippen molar-refractivity contribution < 1.29 is 13.3 Å². The molecule has 106 heavy (non-hydrogen) atoms. The maximum atomic E-state index is 5.78. The van der Waals surface area contributed by atoms with Crippen molar-refractivity contribution in [2.45, 2.75) is 69.2 Å². The highest BCUT2D eigenvalue weighted by molar-refractivity contribution is 7.27. The number of fused-ring (bicyclic) bond motifs is 20. The minimum atomic E-state index is 0.966. The van der Waals surface area contributed by atoms with Gasteiger partial charge in [0.05, 0.1) is 0 Å². The van der Waals surface area contributed by atoms with Gasteiger partial charge in [-0.2, -0.15) is 0 Å². The van der Waals surface area contributed by atoms with Crippen molar-refractivity contribution in [3.8, 4) is 0 Å². The fourth-order valence-electron chi connectivity index (χ4n) is 13.8. The van der Waals surface area contributed by atoms with Gasteiger partial charge in [0.25, 0.3) is 0 Å². The first kappa shape index (κ1) is 70.7. The second-order valence-corrected chi connectivity index (χ2v) is 32.6. The number of benzene rings is 14. The van der Waals surface area contributed by atoms with Gasteiger partial charge < -0.3 is 13.3 Å². The molecule has 8 aromatic heterocycles. The predicted molar refractivity (Wildman–Crippen MR) is 470 cm³/mol. The molecule has 3 nitrogen and oxygen atoms in total. The molecule has 8 heteroatoms. The third kappa shape index (κ3) is 14.9. The first-order valence-corrected chi connectivity index (χ1v) is 39.9. The number of rotatable bonds is 0. The Kier molecular flexibility index (Phi) is 20.9. The summed E-state index contributed by atoms with van der Waals surface area (Å²) < 4.78 is 29.6. The third-order valence-corrected chi connectivity index (χ3v) is 25.5. The number of aryl methyl sites for hydroxylation is 10. The number of hydrogen-bond donors (Lipinski definition) is 0. The molecule has 22 rings (SSSR count). The SMILES string of the molecule is Cc1ccc2c(c1)oc1ccccc12.Cc1ccc2c(c1)sc1ccccc12.Cc1ccc2sc3ccccc3c2c1.Cc1cccc2c1oc1ccccc12.Cc1cccc2c1sc1ccccc12.Cc1cccc2sc3ccccc3c12.Cc1oc2ccccc2c1C.Cc1sc2ccccc2c1C. The van der Waals surface area contributed by atoms with E-state index < -0.39 is 0 Å². The summed E-state index contributed by atoms with van der Waals surface area (Å²) in [6.07, 6.45) is 0. The lowest BCUT2D eigenvalue weighted by molar-refractivity contribution is 0.575. The normalized spacial score (nSPS) is 11.1. The molecule has 0 spiro atoms. The maximum absolute atomic E-state index is 5.78.